The molecule has 0 bridgehead atoms. The molecule has 2 rings (SSSR count). The summed E-state index contributed by atoms with van der Waals surface area (Å²) in [6.45, 7) is 0. The first-order valence-corrected chi connectivity index (χ1v) is 4.70. The number of anilines is 1. The molecule has 1 heterocycles. The fraction of sp³-hybridized carbons (Fsp3) is 0.667. The highest BCUT2D eigenvalue weighted by Gasteiger charge is 2.12. The summed E-state index contributed by atoms with van der Waals surface area (Å²) in [6, 6.07) is 0.677. The standard InChI is InChI=1S/C9H15N3/c1-2-4-8(5-3-1)12-9-6-10-11-7-9/h6-8,12H,1-5H2,(H,10,11). The van der Waals surface area contributed by atoms with Gasteiger partial charge in [-0.15, -0.1) is 0 Å². The van der Waals surface area contributed by atoms with Crippen molar-refractivity contribution in [3.05, 3.63) is 12.4 Å². The summed E-state index contributed by atoms with van der Waals surface area (Å²) < 4.78 is 0. The Morgan fingerprint density at radius 1 is 1.33 bits per heavy atom. The number of nitrogens with one attached hydrogen (secondary N) is 2. The zero-order valence-electron chi connectivity index (χ0n) is 7.21. The van der Waals surface area contributed by atoms with Gasteiger partial charge in [0.2, 0.25) is 0 Å². The van der Waals surface area contributed by atoms with Crippen molar-refractivity contribution in [3.8, 4) is 0 Å². The van der Waals surface area contributed by atoms with E-state index in [1.807, 2.05) is 12.4 Å². The van der Waals surface area contributed by atoms with E-state index < -0.39 is 0 Å². The van der Waals surface area contributed by atoms with Crippen LogP contribution in [0.2, 0.25) is 0 Å². The molecule has 0 radical (unpaired) electrons. The van der Waals surface area contributed by atoms with Gasteiger partial charge < -0.3 is 5.32 Å². The van der Waals surface area contributed by atoms with Crippen molar-refractivity contribution in [2.75, 3.05) is 5.32 Å². The smallest absolute Gasteiger partial charge is 0.0725 e. The Balaban J connectivity index is 1.86. The first-order chi connectivity index (χ1) is 5.95. The zero-order valence-corrected chi connectivity index (χ0v) is 7.21. The fourth-order valence-electron chi connectivity index (χ4n) is 1.81. The van der Waals surface area contributed by atoms with E-state index in [2.05, 4.69) is 15.5 Å². The molecule has 12 heavy (non-hydrogen) atoms. The average Bonchev–Trinajstić information content (AvgIpc) is 2.59. The van der Waals surface area contributed by atoms with Crippen molar-refractivity contribution >= 4 is 5.69 Å². The number of nitrogens with zero attached hydrogens (tertiary/aromatic N) is 1. The third-order valence-corrected chi connectivity index (χ3v) is 2.47. The fourth-order valence-corrected chi connectivity index (χ4v) is 1.81. The van der Waals surface area contributed by atoms with Crippen molar-refractivity contribution < 1.29 is 0 Å². The van der Waals surface area contributed by atoms with Crippen LogP contribution in [0.1, 0.15) is 32.1 Å². The third kappa shape index (κ3) is 1.78. The summed E-state index contributed by atoms with van der Waals surface area (Å²) in [5.41, 5.74) is 1.13. The predicted octanol–water partition coefficient (Wildman–Crippen LogP) is 2.15. The Kier molecular flexibility index (Phi) is 2.30. The first kappa shape index (κ1) is 7.65. The molecule has 66 valence electrons. The van der Waals surface area contributed by atoms with Gasteiger partial charge in [-0.2, -0.15) is 5.10 Å². The van der Waals surface area contributed by atoms with Crippen LogP contribution in [0.4, 0.5) is 5.69 Å². The molecular weight excluding hydrogens is 150 g/mol. The van der Waals surface area contributed by atoms with Crippen LogP contribution in [0.5, 0.6) is 0 Å². The maximum Gasteiger partial charge on any atom is 0.0725 e. The minimum atomic E-state index is 0.677. The number of hydrogen-bond donors (Lipinski definition) is 2. The van der Waals surface area contributed by atoms with E-state index in [0.29, 0.717) is 6.04 Å². The summed E-state index contributed by atoms with van der Waals surface area (Å²) in [5.74, 6) is 0. The van der Waals surface area contributed by atoms with Gasteiger partial charge in [-0.1, -0.05) is 19.3 Å². The third-order valence-electron chi connectivity index (χ3n) is 2.47. The van der Waals surface area contributed by atoms with E-state index in [1.54, 1.807) is 0 Å². The van der Waals surface area contributed by atoms with Crippen LogP contribution in [-0.2, 0) is 0 Å². The van der Waals surface area contributed by atoms with Crippen molar-refractivity contribution in [1.82, 2.24) is 10.2 Å². The lowest BCUT2D eigenvalue weighted by Crippen LogP contribution is -2.21. The topological polar surface area (TPSA) is 40.7 Å². The van der Waals surface area contributed by atoms with Crippen LogP contribution in [0.15, 0.2) is 12.4 Å². The maximum absolute atomic E-state index is 3.90. The largest absolute Gasteiger partial charge is 0.380 e. The molecule has 1 aromatic rings. The van der Waals surface area contributed by atoms with E-state index >= 15 is 0 Å². The molecular formula is C9H15N3. The van der Waals surface area contributed by atoms with Crippen molar-refractivity contribution in [2.45, 2.75) is 38.1 Å². The second-order valence-electron chi connectivity index (χ2n) is 3.47. The number of aromatic amines is 1. The summed E-state index contributed by atoms with van der Waals surface area (Å²) in [5, 5.41) is 10.2. The van der Waals surface area contributed by atoms with Crippen LogP contribution in [-0.4, -0.2) is 16.2 Å². The van der Waals surface area contributed by atoms with Gasteiger partial charge in [-0.3, -0.25) is 5.10 Å². The highest BCUT2D eigenvalue weighted by atomic mass is 15.1. The molecule has 1 fully saturated rings. The zero-order chi connectivity index (χ0) is 8.23. The van der Waals surface area contributed by atoms with Crippen molar-refractivity contribution in [1.29, 1.82) is 0 Å². The molecule has 3 nitrogen and oxygen atoms in total. The second kappa shape index (κ2) is 3.61. The molecule has 0 saturated heterocycles. The Bertz CT molecular complexity index is 212. The molecule has 0 atom stereocenters. The van der Waals surface area contributed by atoms with Crippen LogP contribution in [0.3, 0.4) is 0 Å². The predicted molar refractivity (Wildman–Crippen MR) is 49.1 cm³/mol. The Hall–Kier alpha value is -0.990. The van der Waals surface area contributed by atoms with Gasteiger partial charge in [0, 0.05) is 12.2 Å². The second-order valence-corrected chi connectivity index (χ2v) is 3.47. The quantitative estimate of drug-likeness (QED) is 0.705. The Labute approximate surface area is 72.6 Å². The van der Waals surface area contributed by atoms with Gasteiger partial charge in [-0.05, 0) is 12.8 Å². The first-order valence-electron chi connectivity index (χ1n) is 4.70. The number of hydrogen-bond acceptors (Lipinski definition) is 2. The van der Waals surface area contributed by atoms with Gasteiger partial charge in [-0.25, -0.2) is 0 Å². The van der Waals surface area contributed by atoms with Crippen LogP contribution in [0.25, 0.3) is 0 Å². The average molecular weight is 165 g/mol. The summed E-state index contributed by atoms with van der Waals surface area (Å²) >= 11 is 0. The lowest BCUT2D eigenvalue weighted by atomic mass is 9.95. The summed E-state index contributed by atoms with van der Waals surface area (Å²) in [4.78, 5) is 0. The van der Waals surface area contributed by atoms with Gasteiger partial charge in [0.1, 0.15) is 0 Å². The monoisotopic (exact) mass is 165 g/mol. The molecule has 1 saturated carbocycles. The van der Waals surface area contributed by atoms with E-state index in [-0.39, 0.29) is 0 Å². The van der Waals surface area contributed by atoms with Gasteiger partial charge >= 0.3 is 0 Å². The molecule has 1 aliphatic rings. The molecule has 0 amide bonds. The van der Waals surface area contributed by atoms with Crippen LogP contribution >= 0.6 is 0 Å². The van der Waals surface area contributed by atoms with E-state index in [4.69, 9.17) is 0 Å². The molecule has 0 spiro atoms. The number of H-pyrrole nitrogens is 1. The normalized spacial score (nSPS) is 19.3. The Morgan fingerprint density at radius 2 is 2.17 bits per heavy atom. The van der Waals surface area contributed by atoms with Crippen LogP contribution in [0, 0.1) is 0 Å². The van der Waals surface area contributed by atoms with Crippen LogP contribution < -0.4 is 5.32 Å². The molecule has 0 aliphatic heterocycles. The summed E-state index contributed by atoms with van der Waals surface area (Å²) in [7, 11) is 0. The molecule has 1 aliphatic carbocycles. The minimum absolute atomic E-state index is 0.677. The minimum Gasteiger partial charge on any atom is -0.380 e. The lowest BCUT2D eigenvalue weighted by molar-refractivity contribution is 0.463. The van der Waals surface area contributed by atoms with Gasteiger partial charge in [0.15, 0.2) is 0 Å². The van der Waals surface area contributed by atoms with Gasteiger partial charge in [0.25, 0.3) is 0 Å². The molecule has 1 aromatic heterocycles. The summed E-state index contributed by atoms with van der Waals surface area (Å²) in [6.07, 6.45) is 10.5. The highest BCUT2D eigenvalue weighted by molar-refractivity contribution is 5.38. The van der Waals surface area contributed by atoms with Crippen molar-refractivity contribution in [2.24, 2.45) is 0 Å². The van der Waals surface area contributed by atoms with E-state index in [9.17, 15) is 0 Å². The molecule has 2 N–H and O–H groups in total. The molecule has 0 aromatic carbocycles. The van der Waals surface area contributed by atoms with E-state index in [1.165, 1.54) is 32.1 Å². The van der Waals surface area contributed by atoms with Crippen molar-refractivity contribution in [3.63, 3.8) is 0 Å². The number of aromatic nitrogens is 2. The molecule has 0 unspecified atom stereocenters. The SMILES string of the molecule is c1n[nH]cc1NC1CCCCC1. The molecule has 3 heteroatoms. The van der Waals surface area contributed by atoms with Gasteiger partial charge in [0.05, 0.1) is 11.9 Å². The highest BCUT2D eigenvalue weighted by Crippen LogP contribution is 2.20. The number of rotatable bonds is 2. The maximum atomic E-state index is 3.90. The lowest BCUT2D eigenvalue weighted by Gasteiger charge is -2.22. The Morgan fingerprint density at radius 3 is 2.83 bits per heavy atom. The van der Waals surface area contributed by atoms with E-state index in [0.717, 1.165) is 5.69 Å².